The summed E-state index contributed by atoms with van der Waals surface area (Å²) in [5.74, 6) is 1.25. The first-order chi connectivity index (χ1) is 9.35. The van der Waals surface area contributed by atoms with E-state index in [1.807, 2.05) is 6.20 Å². The molecule has 3 heteroatoms. The maximum atomic E-state index is 3.72. The largest absolute Gasteiger partial charge is 0.361 e. The molecule has 0 radical (unpaired) electrons. The molecule has 3 rings (SSSR count). The van der Waals surface area contributed by atoms with Gasteiger partial charge in [-0.1, -0.05) is 19.1 Å². The lowest BCUT2D eigenvalue weighted by molar-refractivity contribution is 0.525. The Labute approximate surface area is 119 Å². The maximum Gasteiger partial charge on any atom is 0.0457 e. The van der Waals surface area contributed by atoms with Gasteiger partial charge in [0.15, 0.2) is 0 Å². The van der Waals surface area contributed by atoms with E-state index in [9.17, 15) is 0 Å². The van der Waals surface area contributed by atoms with E-state index >= 15 is 0 Å². The van der Waals surface area contributed by atoms with Crippen LogP contribution in [0.15, 0.2) is 30.5 Å². The zero-order chi connectivity index (χ0) is 13.1. The summed E-state index contributed by atoms with van der Waals surface area (Å²) in [6.45, 7) is 3.25. The van der Waals surface area contributed by atoms with Crippen LogP contribution in [0.4, 0.5) is 0 Å². The van der Waals surface area contributed by atoms with Gasteiger partial charge in [0.25, 0.3) is 0 Å². The Morgan fingerprint density at radius 1 is 1.32 bits per heavy atom. The number of rotatable bonds is 5. The molecule has 0 bridgehead atoms. The van der Waals surface area contributed by atoms with E-state index < -0.39 is 0 Å². The summed E-state index contributed by atoms with van der Waals surface area (Å²) >= 11 is 2.12. The minimum atomic E-state index is 0.711. The molecule has 19 heavy (non-hydrogen) atoms. The van der Waals surface area contributed by atoms with Crippen molar-refractivity contribution in [3.8, 4) is 0 Å². The molecule has 102 valence electrons. The monoisotopic (exact) mass is 274 g/mol. The van der Waals surface area contributed by atoms with Gasteiger partial charge in [0.1, 0.15) is 0 Å². The molecule has 2 N–H and O–H groups in total. The highest BCUT2D eigenvalue weighted by molar-refractivity contribution is 7.99. The Balaban J connectivity index is 1.54. The number of benzene rings is 1. The second-order valence-electron chi connectivity index (χ2n) is 5.37. The third-order valence-corrected chi connectivity index (χ3v) is 5.23. The van der Waals surface area contributed by atoms with Crippen LogP contribution in [0.5, 0.6) is 0 Å². The van der Waals surface area contributed by atoms with Crippen LogP contribution in [0.3, 0.4) is 0 Å². The Bertz CT molecular complexity index is 534. The lowest BCUT2D eigenvalue weighted by Crippen LogP contribution is -2.26. The summed E-state index contributed by atoms with van der Waals surface area (Å²) in [4.78, 5) is 3.28. The standard InChI is InChI=1S/C16H22N2S/c1-2-19-15-6-5-14(10-15)18-11-12-3-4-13-7-8-17-16(13)9-12/h3-4,7-9,14-15,17-18H,2,5-6,10-11H2,1H3. The Morgan fingerprint density at radius 2 is 2.26 bits per heavy atom. The van der Waals surface area contributed by atoms with Crippen molar-refractivity contribution >= 4 is 22.7 Å². The SMILES string of the molecule is CCSC1CCC(NCc2ccc3cc[nH]c3c2)C1. The minimum Gasteiger partial charge on any atom is -0.361 e. The van der Waals surface area contributed by atoms with Gasteiger partial charge in [-0.05, 0) is 48.1 Å². The molecule has 1 fully saturated rings. The van der Waals surface area contributed by atoms with Crippen molar-refractivity contribution in [2.24, 2.45) is 0 Å². The summed E-state index contributed by atoms with van der Waals surface area (Å²) < 4.78 is 0. The third kappa shape index (κ3) is 3.15. The normalized spacial score (nSPS) is 23.2. The van der Waals surface area contributed by atoms with Crippen molar-refractivity contribution in [2.75, 3.05) is 5.75 Å². The van der Waals surface area contributed by atoms with Gasteiger partial charge >= 0.3 is 0 Å². The fraction of sp³-hybridized carbons (Fsp3) is 0.500. The fourth-order valence-electron chi connectivity index (χ4n) is 2.98. The quantitative estimate of drug-likeness (QED) is 0.864. The van der Waals surface area contributed by atoms with E-state index in [1.54, 1.807) is 0 Å². The van der Waals surface area contributed by atoms with Crippen molar-refractivity contribution < 1.29 is 0 Å². The average molecular weight is 274 g/mol. The number of aromatic nitrogens is 1. The highest BCUT2D eigenvalue weighted by Crippen LogP contribution is 2.29. The summed E-state index contributed by atoms with van der Waals surface area (Å²) in [7, 11) is 0. The molecule has 0 saturated heterocycles. The van der Waals surface area contributed by atoms with Crippen molar-refractivity contribution in [2.45, 2.75) is 44.0 Å². The van der Waals surface area contributed by atoms with Gasteiger partial charge in [-0.3, -0.25) is 0 Å². The summed E-state index contributed by atoms with van der Waals surface area (Å²) in [6.07, 6.45) is 6.06. The van der Waals surface area contributed by atoms with Crippen molar-refractivity contribution in [1.82, 2.24) is 10.3 Å². The Morgan fingerprint density at radius 3 is 3.16 bits per heavy atom. The van der Waals surface area contributed by atoms with Gasteiger partial charge in [-0.25, -0.2) is 0 Å². The number of nitrogens with one attached hydrogen (secondary N) is 2. The molecule has 1 aliphatic rings. The first kappa shape index (κ1) is 13.1. The van der Waals surface area contributed by atoms with Crippen molar-refractivity contribution in [1.29, 1.82) is 0 Å². The molecular formula is C16H22N2S. The molecule has 2 unspecified atom stereocenters. The lowest BCUT2D eigenvalue weighted by Gasteiger charge is -2.13. The minimum absolute atomic E-state index is 0.711. The van der Waals surface area contributed by atoms with Gasteiger partial charge < -0.3 is 10.3 Å². The van der Waals surface area contributed by atoms with Crippen LogP contribution in [-0.2, 0) is 6.54 Å². The molecule has 1 aromatic heterocycles. The van der Waals surface area contributed by atoms with E-state index in [4.69, 9.17) is 0 Å². The lowest BCUT2D eigenvalue weighted by atomic mass is 10.1. The maximum absolute atomic E-state index is 3.72. The Kier molecular flexibility index (Phi) is 4.14. The van der Waals surface area contributed by atoms with Crippen LogP contribution in [0.1, 0.15) is 31.7 Å². The van der Waals surface area contributed by atoms with Gasteiger partial charge in [0.2, 0.25) is 0 Å². The Hall–Kier alpha value is -0.930. The number of hydrogen-bond donors (Lipinski definition) is 2. The number of thioether (sulfide) groups is 1. The van der Waals surface area contributed by atoms with Crippen LogP contribution in [0, 0.1) is 0 Å². The zero-order valence-corrected chi connectivity index (χ0v) is 12.3. The van der Waals surface area contributed by atoms with Gasteiger partial charge in [0.05, 0.1) is 0 Å². The molecule has 2 aromatic rings. The molecule has 1 saturated carbocycles. The summed E-state index contributed by atoms with van der Waals surface area (Å²) in [5, 5.41) is 5.89. The van der Waals surface area contributed by atoms with E-state index in [1.165, 1.54) is 41.5 Å². The van der Waals surface area contributed by atoms with Gasteiger partial charge in [-0.2, -0.15) is 11.8 Å². The summed E-state index contributed by atoms with van der Waals surface area (Å²) in [5.41, 5.74) is 2.62. The molecule has 0 spiro atoms. The highest BCUT2D eigenvalue weighted by Gasteiger charge is 2.23. The first-order valence-electron chi connectivity index (χ1n) is 7.26. The van der Waals surface area contributed by atoms with Crippen LogP contribution in [-0.4, -0.2) is 22.0 Å². The van der Waals surface area contributed by atoms with Crippen LogP contribution in [0.25, 0.3) is 10.9 Å². The number of hydrogen-bond acceptors (Lipinski definition) is 2. The molecule has 1 aromatic carbocycles. The van der Waals surface area contributed by atoms with Gasteiger partial charge in [-0.15, -0.1) is 0 Å². The predicted molar refractivity (Wildman–Crippen MR) is 84.7 cm³/mol. The average Bonchev–Trinajstić information content (AvgIpc) is 3.04. The predicted octanol–water partition coefficient (Wildman–Crippen LogP) is 3.93. The molecular weight excluding hydrogens is 252 g/mol. The van der Waals surface area contributed by atoms with Crippen LogP contribution >= 0.6 is 11.8 Å². The fourth-order valence-corrected chi connectivity index (χ4v) is 4.12. The first-order valence-corrected chi connectivity index (χ1v) is 8.31. The van der Waals surface area contributed by atoms with Crippen molar-refractivity contribution in [3.05, 3.63) is 36.0 Å². The van der Waals surface area contributed by atoms with Gasteiger partial charge in [0, 0.05) is 29.6 Å². The number of H-pyrrole nitrogens is 1. The molecule has 1 heterocycles. The van der Waals surface area contributed by atoms with E-state index in [2.05, 4.69) is 53.3 Å². The van der Waals surface area contributed by atoms with Crippen LogP contribution in [0.2, 0.25) is 0 Å². The molecule has 0 amide bonds. The smallest absolute Gasteiger partial charge is 0.0457 e. The van der Waals surface area contributed by atoms with E-state index in [0.717, 1.165) is 11.8 Å². The highest BCUT2D eigenvalue weighted by atomic mass is 32.2. The molecule has 2 atom stereocenters. The topological polar surface area (TPSA) is 27.8 Å². The number of aromatic amines is 1. The molecule has 0 aliphatic heterocycles. The second kappa shape index (κ2) is 6.02. The van der Waals surface area contributed by atoms with Crippen molar-refractivity contribution in [3.63, 3.8) is 0 Å². The number of fused-ring (bicyclic) bond motifs is 1. The van der Waals surface area contributed by atoms with Crippen LogP contribution < -0.4 is 5.32 Å². The third-order valence-electron chi connectivity index (χ3n) is 4.00. The zero-order valence-electron chi connectivity index (χ0n) is 11.5. The summed E-state index contributed by atoms with van der Waals surface area (Å²) in [6, 6.07) is 9.53. The second-order valence-corrected chi connectivity index (χ2v) is 6.94. The molecule has 1 aliphatic carbocycles. The van der Waals surface area contributed by atoms with E-state index in [0.29, 0.717) is 6.04 Å². The van der Waals surface area contributed by atoms with E-state index in [-0.39, 0.29) is 0 Å². The molecule has 2 nitrogen and oxygen atoms in total.